The standard InChI is InChI=1S/C22H23ClN4O3S/c1-12-3-6-15(9-18(12)23)24-22(28)17-10-19(14-4-5-14)25-21-20(17)13(2)26-27(21)16-7-8-31(29,30)11-16/h3,6,9-10,14,16H,4-5,7-8,11H2,1-2H3,(H,24,28). The van der Waals surface area contributed by atoms with E-state index >= 15 is 0 Å². The fourth-order valence-electron chi connectivity index (χ4n) is 4.19. The van der Waals surface area contributed by atoms with Crippen molar-refractivity contribution in [1.29, 1.82) is 0 Å². The van der Waals surface area contributed by atoms with Crippen LogP contribution < -0.4 is 5.32 Å². The Labute approximate surface area is 185 Å². The van der Waals surface area contributed by atoms with Gasteiger partial charge in [-0.2, -0.15) is 5.10 Å². The number of anilines is 1. The summed E-state index contributed by atoms with van der Waals surface area (Å²) in [5.74, 6) is 0.292. The molecule has 0 spiro atoms. The first-order chi connectivity index (χ1) is 14.7. The first-order valence-corrected chi connectivity index (χ1v) is 12.6. The fourth-order valence-corrected chi connectivity index (χ4v) is 6.06. The summed E-state index contributed by atoms with van der Waals surface area (Å²) in [5.41, 5.74) is 4.18. The number of sulfone groups is 1. The van der Waals surface area contributed by atoms with Crippen molar-refractivity contribution in [3.05, 3.63) is 51.8 Å². The van der Waals surface area contributed by atoms with Gasteiger partial charge in [0.15, 0.2) is 15.5 Å². The van der Waals surface area contributed by atoms with Crippen molar-refractivity contribution >= 4 is 44.1 Å². The molecule has 1 saturated heterocycles. The van der Waals surface area contributed by atoms with Crippen LogP contribution >= 0.6 is 11.6 Å². The van der Waals surface area contributed by atoms with Gasteiger partial charge in [-0.05, 0) is 56.9 Å². The molecule has 1 aromatic carbocycles. The number of nitrogens with one attached hydrogen (secondary N) is 1. The Kier molecular flexibility index (Phi) is 4.82. The third kappa shape index (κ3) is 3.83. The topological polar surface area (TPSA) is 93.9 Å². The Bertz CT molecular complexity index is 1330. The summed E-state index contributed by atoms with van der Waals surface area (Å²) in [6, 6.07) is 7.01. The van der Waals surface area contributed by atoms with E-state index in [1.807, 2.05) is 32.0 Å². The van der Waals surface area contributed by atoms with Crippen molar-refractivity contribution in [1.82, 2.24) is 14.8 Å². The molecule has 5 rings (SSSR count). The summed E-state index contributed by atoms with van der Waals surface area (Å²) < 4.78 is 25.8. The first-order valence-electron chi connectivity index (χ1n) is 10.4. The number of hydrogen-bond donors (Lipinski definition) is 1. The van der Waals surface area contributed by atoms with Crippen LogP contribution in [0.3, 0.4) is 0 Å². The molecule has 1 atom stereocenters. The van der Waals surface area contributed by atoms with Crippen LogP contribution in [0.4, 0.5) is 5.69 Å². The van der Waals surface area contributed by atoms with Crippen molar-refractivity contribution in [2.45, 2.75) is 45.1 Å². The molecular formula is C22H23ClN4O3S. The number of aryl methyl sites for hydroxylation is 2. The molecule has 162 valence electrons. The number of halogens is 1. The maximum absolute atomic E-state index is 13.3. The number of amides is 1. The Hall–Kier alpha value is -2.45. The molecule has 1 N–H and O–H groups in total. The van der Waals surface area contributed by atoms with E-state index in [-0.39, 0.29) is 23.5 Å². The molecule has 7 nitrogen and oxygen atoms in total. The molecule has 1 amide bonds. The zero-order valence-corrected chi connectivity index (χ0v) is 18.9. The van der Waals surface area contributed by atoms with Gasteiger partial charge in [0.05, 0.1) is 34.2 Å². The average molecular weight is 459 g/mol. The van der Waals surface area contributed by atoms with E-state index in [1.54, 1.807) is 10.7 Å². The average Bonchev–Trinajstić information content (AvgIpc) is 3.43. The van der Waals surface area contributed by atoms with E-state index in [4.69, 9.17) is 16.6 Å². The van der Waals surface area contributed by atoms with Gasteiger partial charge in [-0.25, -0.2) is 18.1 Å². The third-order valence-corrected chi connectivity index (χ3v) is 8.24. The van der Waals surface area contributed by atoms with E-state index in [2.05, 4.69) is 10.4 Å². The fraction of sp³-hybridized carbons (Fsp3) is 0.409. The van der Waals surface area contributed by atoms with Crippen LogP contribution in [0, 0.1) is 13.8 Å². The normalized spacial score (nSPS) is 20.3. The summed E-state index contributed by atoms with van der Waals surface area (Å²) in [4.78, 5) is 18.1. The minimum Gasteiger partial charge on any atom is -0.322 e. The zero-order chi connectivity index (χ0) is 21.9. The number of rotatable bonds is 4. The van der Waals surface area contributed by atoms with Crippen LogP contribution in [0.2, 0.25) is 5.02 Å². The quantitative estimate of drug-likeness (QED) is 0.632. The number of carbonyl (C=O) groups excluding carboxylic acids is 1. The van der Waals surface area contributed by atoms with Crippen molar-refractivity contribution in [3.63, 3.8) is 0 Å². The number of hydrogen-bond acceptors (Lipinski definition) is 5. The summed E-state index contributed by atoms with van der Waals surface area (Å²) in [7, 11) is -3.07. The molecule has 3 heterocycles. The van der Waals surface area contributed by atoms with Crippen LogP contribution in [0.1, 0.15) is 58.5 Å². The number of fused-ring (bicyclic) bond motifs is 1. The van der Waals surface area contributed by atoms with Gasteiger partial charge in [0.2, 0.25) is 0 Å². The van der Waals surface area contributed by atoms with Gasteiger partial charge >= 0.3 is 0 Å². The van der Waals surface area contributed by atoms with Gasteiger partial charge in [0, 0.05) is 22.3 Å². The van der Waals surface area contributed by atoms with Gasteiger partial charge in [-0.3, -0.25) is 4.79 Å². The van der Waals surface area contributed by atoms with Crippen LogP contribution in [0.5, 0.6) is 0 Å². The second-order valence-electron chi connectivity index (χ2n) is 8.57. The molecule has 1 aliphatic heterocycles. The molecule has 2 fully saturated rings. The highest BCUT2D eigenvalue weighted by atomic mass is 35.5. The third-order valence-electron chi connectivity index (χ3n) is 6.08. The predicted molar refractivity (Wildman–Crippen MR) is 121 cm³/mol. The second kappa shape index (κ2) is 7.31. The van der Waals surface area contributed by atoms with Gasteiger partial charge < -0.3 is 5.32 Å². The monoisotopic (exact) mass is 458 g/mol. The first kappa shape index (κ1) is 20.5. The Morgan fingerprint density at radius 2 is 1.97 bits per heavy atom. The Balaban J connectivity index is 1.60. The van der Waals surface area contributed by atoms with Crippen molar-refractivity contribution in [2.75, 3.05) is 16.8 Å². The molecule has 0 bridgehead atoms. The highest BCUT2D eigenvalue weighted by Crippen LogP contribution is 2.41. The number of aromatic nitrogens is 3. The Morgan fingerprint density at radius 1 is 1.19 bits per heavy atom. The number of nitrogens with zero attached hydrogens (tertiary/aromatic N) is 3. The number of pyridine rings is 1. The van der Waals surface area contributed by atoms with Crippen LogP contribution in [0.15, 0.2) is 24.3 Å². The van der Waals surface area contributed by atoms with Gasteiger partial charge in [0.25, 0.3) is 5.91 Å². The zero-order valence-electron chi connectivity index (χ0n) is 17.4. The summed E-state index contributed by atoms with van der Waals surface area (Å²) >= 11 is 6.21. The van der Waals surface area contributed by atoms with Crippen LogP contribution in [-0.2, 0) is 9.84 Å². The molecule has 1 aliphatic carbocycles. The lowest BCUT2D eigenvalue weighted by Crippen LogP contribution is -2.15. The summed E-state index contributed by atoms with van der Waals surface area (Å²) in [5, 5.41) is 8.82. The SMILES string of the molecule is Cc1ccc(NC(=O)c2cc(C3CC3)nc3c2c(C)nn3C2CCS(=O)(=O)C2)cc1Cl. The molecule has 31 heavy (non-hydrogen) atoms. The summed E-state index contributed by atoms with van der Waals surface area (Å²) in [6.07, 6.45) is 2.59. The minimum atomic E-state index is -3.07. The molecule has 1 unspecified atom stereocenters. The van der Waals surface area contributed by atoms with Gasteiger partial charge in [-0.1, -0.05) is 17.7 Å². The predicted octanol–water partition coefficient (Wildman–Crippen LogP) is 4.19. The highest BCUT2D eigenvalue weighted by Gasteiger charge is 2.34. The molecule has 3 aromatic rings. The second-order valence-corrected chi connectivity index (χ2v) is 11.2. The largest absolute Gasteiger partial charge is 0.322 e. The lowest BCUT2D eigenvalue weighted by Gasteiger charge is -2.12. The van der Waals surface area contributed by atoms with Crippen LogP contribution in [-0.4, -0.2) is 40.6 Å². The van der Waals surface area contributed by atoms with E-state index in [1.165, 1.54) is 0 Å². The molecule has 1 saturated carbocycles. The van der Waals surface area contributed by atoms with Crippen molar-refractivity contribution in [2.24, 2.45) is 0 Å². The van der Waals surface area contributed by atoms with E-state index < -0.39 is 9.84 Å². The number of carbonyl (C=O) groups is 1. The van der Waals surface area contributed by atoms with Crippen molar-refractivity contribution in [3.8, 4) is 0 Å². The van der Waals surface area contributed by atoms with E-state index in [9.17, 15) is 13.2 Å². The van der Waals surface area contributed by atoms with Crippen molar-refractivity contribution < 1.29 is 13.2 Å². The van der Waals surface area contributed by atoms with E-state index in [0.717, 1.165) is 24.1 Å². The highest BCUT2D eigenvalue weighted by molar-refractivity contribution is 7.91. The molecular weight excluding hydrogens is 436 g/mol. The number of benzene rings is 1. The maximum atomic E-state index is 13.3. The minimum absolute atomic E-state index is 0.0575. The molecule has 9 heteroatoms. The molecule has 0 radical (unpaired) electrons. The molecule has 2 aliphatic rings. The van der Waals surface area contributed by atoms with E-state index in [0.29, 0.717) is 45.3 Å². The maximum Gasteiger partial charge on any atom is 0.256 e. The van der Waals surface area contributed by atoms with Gasteiger partial charge in [0.1, 0.15) is 0 Å². The lowest BCUT2D eigenvalue weighted by atomic mass is 10.1. The molecule has 2 aromatic heterocycles. The Morgan fingerprint density at radius 3 is 2.61 bits per heavy atom. The smallest absolute Gasteiger partial charge is 0.256 e. The summed E-state index contributed by atoms with van der Waals surface area (Å²) in [6.45, 7) is 3.74. The lowest BCUT2D eigenvalue weighted by molar-refractivity contribution is 0.102. The van der Waals surface area contributed by atoms with Gasteiger partial charge in [-0.15, -0.1) is 0 Å². The van der Waals surface area contributed by atoms with Crippen LogP contribution in [0.25, 0.3) is 11.0 Å².